The maximum Gasteiger partial charge on any atom is 0.200 e. The van der Waals surface area contributed by atoms with Crippen LogP contribution in [0.25, 0.3) is 5.65 Å². The summed E-state index contributed by atoms with van der Waals surface area (Å²) in [6.07, 6.45) is 0.917. The summed E-state index contributed by atoms with van der Waals surface area (Å²) in [5.74, 6) is 0.274. The molecule has 0 bridgehead atoms. The summed E-state index contributed by atoms with van der Waals surface area (Å²) < 4.78 is 15.2. The molecule has 1 aliphatic rings. The fourth-order valence-corrected chi connectivity index (χ4v) is 3.32. The van der Waals surface area contributed by atoms with Crippen molar-refractivity contribution < 1.29 is 4.39 Å². The maximum atomic E-state index is 13.8. The van der Waals surface area contributed by atoms with Crippen molar-refractivity contribution in [1.29, 1.82) is 0 Å². The predicted octanol–water partition coefficient (Wildman–Crippen LogP) is 2.17. The van der Waals surface area contributed by atoms with Crippen LogP contribution in [0.2, 0.25) is 5.02 Å². The van der Waals surface area contributed by atoms with Gasteiger partial charge in [0, 0.05) is 12.6 Å². The van der Waals surface area contributed by atoms with Gasteiger partial charge in [0.05, 0.1) is 11.1 Å². The van der Waals surface area contributed by atoms with E-state index in [1.165, 1.54) is 10.7 Å². The largest absolute Gasteiger partial charge is 0.364 e. The van der Waals surface area contributed by atoms with Crippen molar-refractivity contribution in [2.24, 2.45) is 0 Å². The van der Waals surface area contributed by atoms with Gasteiger partial charge in [0.15, 0.2) is 5.65 Å². The number of rotatable bonds is 3. The molecule has 0 aliphatic carbocycles. The summed E-state index contributed by atoms with van der Waals surface area (Å²) in [7, 11) is 2.02. The maximum absolute atomic E-state index is 13.8. The molecule has 0 unspecified atom stereocenters. The summed E-state index contributed by atoms with van der Waals surface area (Å²) in [4.78, 5) is 2.19. The summed E-state index contributed by atoms with van der Waals surface area (Å²) in [5.41, 5.74) is 1.47. The van der Waals surface area contributed by atoms with Crippen molar-refractivity contribution in [3.8, 4) is 0 Å². The number of hydrogen-bond acceptors (Lipinski definition) is 6. The van der Waals surface area contributed by atoms with Gasteiger partial charge in [-0.25, -0.2) is 4.39 Å². The van der Waals surface area contributed by atoms with Crippen molar-refractivity contribution >= 4 is 23.1 Å². The summed E-state index contributed by atoms with van der Waals surface area (Å²) in [6, 6.07) is 8.72. The second-order valence-corrected chi connectivity index (χ2v) is 6.29. The van der Waals surface area contributed by atoms with Gasteiger partial charge < -0.3 is 5.32 Å². The van der Waals surface area contributed by atoms with Gasteiger partial charge in [0.2, 0.25) is 0 Å². The van der Waals surface area contributed by atoms with E-state index in [2.05, 4.69) is 30.8 Å². The summed E-state index contributed by atoms with van der Waals surface area (Å²) in [5, 5.41) is 19.1. The average molecular weight is 348 g/mol. The third-order valence-electron chi connectivity index (χ3n) is 4.34. The molecule has 1 fully saturated rings. The smallest absolute Gasteiger partial charge is 0.200 e. The zero-order valence-corrected chi connectivity index (χ0v) is 13.7. The number of aromatic nitrogens is 5. The highest BCUT2D eigenvalue weighted by Crippen LogP contribution is 2.34. The van der Waals surface area contributed by atoms with Gasteiger partial charge >= 0.3 is 0 Å². The van der Waals surface area contributed by atoms with Crippen molar-refractivity contribution in [3.05, 3.63) is 46.7 Å². The fourth-order valence-electron chi connectivity index (χ4n) is 3.20. The molecule has 0 saturated carbocycles. The molecule has 124 valence electrons. The molecule has 1 saturated heterocycles. The molecule has 1 aliphatic heterocycles. The fraction of sp³-hybridized carbons (Fsp3) is 0.333. The van der Waals surface area contributed by atoms with E-state index in [0.717, 1.165) is 18.5 Å². The third-order valence-corrected chi connectivity index (χ3v) is 4.64. The minimum atomic E-state index is -0.401. The second-order valence-electron chi connectivity index (χ2n) is 5.88. The minimum Gasteiger partial charge on any atom is -0.364 e. The number of hydrogen-bond donors (Lipinski definition) is 1. The van der Waals surface area contributed by atoms with Gasteiger partial charge in [-0.05, 0) is 53.7 Å². The summed E-state index contributed by atoms with van der Waals surface area (Å²) >= 11 is 5.80. The molecule has 0 radical (unpaired) electrons. The quantitative estimate of drug-likeness (QED) is 0.783. The van der Waals surface area contributed by atoms with Crippen molar-refractivity contribution in [1.82, 2.24) is 30.2 Å². The van der Waals surface area contributed by atoms with E-state index < -0.39 is 5.82 Å². The first-order chi connectivity index (χ1) is 11.6. The number of halogens is 2. The first-order valence-electron chi connectivity index (χ1n) is 7.59. The molecule has 2 atom stereocenters. The molecular weight excluding hydrogens is 333 g/mol. The van der Waals surface area contributed by atoms with Gasteiger partial charge in [-0.1, -0.05) is 17.7 Å². The van der Waals surface area contributed by atoms with Gasteiger partial charge in [-0.3, -0.25) is 4.90 Å². The normalized spacial score (nSPS) is 21.5. The molecule has 9 heteroatoms. The Labute approximate surface area is 142 Å². The van der Waals surface area contributed by atoms with Gasteiger partial charge in [-0.15, -0.1) is 14.8 Å². The SMILES string of the molecule is CN1CC[C@H](Nc2ccc3nnnn3n2)[C@@H]1c1ccc(Cl)c(F)c1. The van der Waals surface area contributed by atoms with E-state index in [-0.39, 0.29) is 17.1 Å². The Kier molecular flexibility index (Phi) is 3.78. The van der Waals surface area contributed by atoms with E-state index >= 15 is 0 Å². The van der Waals surface area contributed by atoms with Crippen molar-refractivity contribution in [3.63, 3.8) is 0 Å². The third kappa shape index (κ3) is 2.67. The van der Waals surface area contributed by atoms with Crippen LogP contribution in [0.15, 0.2) is 30.3 Å². The number of benzene rings is 1. The molecule has 3 heterocycles. The predicted molar refractivity (Wildman–Crippen MR) is 87.4 cm³/mol. The Balaban J connectivity index is 1.62. The number of nitrogens with zero attached hydrogens (tertiary/aromatic N) is 6. The standard InChI is InChI=1S/C15H15ClFN7/c1-23-7-6-12(15(23)9-2-3-10(16)11(17)8-9)18-13-4-5-14-19-21-22-24(14)20-13/h2-5,8,12,15H,6-7H2,1H3,(H,18,20)/t12-,15-/m0/s1. The van der Waals surface area contributed by atoms with Crippen LogP contribution in [0.5, 0.6) is 0 Å². The number of anilines is 1. The Morgan fingerprint density at radius 1 is 1.29 bits per heavy atom. The van der Waals surface area contributed by atoms with Crippen LogP contribution in [0, 0.1) is 5.82 Å². The summed E-state index contributed by atoms with van der Waals surface area (Å²) in [6.45, 7) is 0.902. The first-order valence-corrected chi connectivity index (χ1v) is 7.97. The Bertz CT molecular complexity index is 883. The minimum absolute atomic E-state index is 0.0307. The average Bonchev–Trinajstić information content (AvgIpc) is 3.17. The number of nitrogens with one attached hydrogen (secondary N) is 1. The molecule has 1 aromatic carbocycles. The lowest BCUT2D eigenvalue weighted by Gasteiger charge is -2.26. The molecule has 24 heavy (non-hydrogen) atoms. The Morgan fingerprint density at radius 3 is 3.00 bits per heavy atom. The second kappa shape index (κ2) is 5.95. The van der Waals surface area contributed by atoms with E-state index in [1.54, 1.807) is 12.1 Å². The number of likely N-dealkylation sites (tertiary alicyclic amines) is 1. The Morgan fingerprint density at radius 2 is 2.17 bits per heavy atom. The van der Waals surface area contributed by atoms with Gasteiger partial charge in [-0.2, -0.15) is 0 Å². The topological polar surface area (TPSA) is 71.2 Å². The van der Waals surface area contributed by atoms with E-state index in [9.17, 15) is 4.39 Å². The molecule has 0 amide bonds. The monoisotopic (exact) mass is 347 g/mol. The molecule has 3 aromatic rings. The zero-order valence-electron chi connectivity index (χ0n) is 12.9. The van der Waals surface area contributed by atoms with Crippen LogP contribution in [0.4, 0.5) is 10.2 Å². The zero-order chi connectivity index (χ0) is 16.7. The van der Waals surface area contributed by atoms with Crippen LogP contribution in [-0.2, 0) is 0 Å². The lowest BCUT2D eigenvalue weighted by Crippen LogP contribution is -2.29. The molecule has 2 aromatic heterocycles. The van der Waals surface area contributed by atoms with Crippen molar-refractivity contribution in [2.45, 2.75) is 18.5 Å². The van der Waals surface area contributed by atoms with Crippen LogP contribution in [0.3, 0.4) is 0 Å². The lowest BCUT2D eigenvalue weighted by atomic mass is 10.00. The molecule has 4 rings (SSSR count). The highest BCUT2D eigenvalue weighted by Gasteiger charge is 2.33. The van der Waals surface area contributed by atoms with E-state index in [4.69, 9.17) is 11.6 Å². The molecular formula is C15H15ClFN7. The molecule has 7 nitrogen and oxygen atoms in total. The van der Waals surface area contributed by atoms with Crippen LogP contribution in [-0.4, -0.2) is 49.8 Å². The number of tetrazole rings is 1. The first kappa shape index (κ1) is 15.2. The van der Waals surface area contributed by atoms with Crippen LogP contribution >= 0.6 is 11.6 Å². The molecule has 1 N–H and O–H groups in total. The lowest BCUT2D eigenvalue weighted by molar-refractivity contribution is 0.308. The van der Waals surface area contributed by atoms with Gasteiger partial charge in [0.1, 0.15) is 11.6 Å². The molecule has 0 spiro atoms. The van der Waals surface area contributed by atoms with E-state index in [0.29, 0.717) is 11.5 Å². The highest BCUT2D eigenvalue weighted by molar-refractivity contribution is 6.30. The Hall–Kier alpha value is -2.32. The van der Waals surface area contributed by atoms with Crippen LogP contribution < -0.4 is 5.32 Å². The number of likely N-dealkylation sites (N-methyl/N-ethyl adjacent to an activating group) is 1. The highest BCUT2D eigenvalue weighted by atomic mass is 35.5. The van der Waals surface area contributed by atoms with Crippen molar-refractivity contribution in [2.75, 3.05) is 18.9 Å². The van der Waals surface area contributed by atoms with E-state index in [1.807, 2.05) is 19.2 Å². The number of fused-ring (bicyclic) bond motifs is 1. The van der Waals surface area contributed by atoms with Crippen LogP contribution in [0.1, 0.15) is 18.0 Å². The van der Waals surface area contributed by atoms with Gasteiger partial charge in [0.25, 0.3) is 0 Å².